The molecule has 7 rings (SSSR count). The predicted molar refractivity (Wildman–Crippen MR) is 240 cm³/mol. The van der Waals surface area contributed by atoms with Crippen molar-refractivity contribution < 1.29 is 70.3 Å². The number of fused-ring (bicyclic) bond motifs is 1. The quantitative estimate of drug-likeness (QED) is 0.112. The van der Waals surface area contributed by atoms with Crippen molar-refractivity contribution >= 4 is 41.3 Å². The molecular weight excluding hydrogens is 913 g/mol. The van der Waals surface area contributed by atoms with E-state index in [1.807, 2.05) is 0 Å². The van der Waals surface area contributed by atoms with E-state index in [1.165, 1.54) is 45.5 Å². The van der Waals surface area contributed by atoms with Crippen molar-refractivity contribution in [1.82, 2.24) is 9.80 Å². The van der Waals surface area contributed by atoms with Crippen LogP contribution in [0.5, 0.6) is 28.7 Å². The molecule has 368 valence electrons. The molecule has 2 saturated carbocycles. The van der Waals surface area contributed by atoms with Gasteiger partial charge in [-0.15, -0.1) is 0 Å². The number of halogens is 4. The number of hydrogen-bond donors (Lipinski definition) is 0. The van der Waals surface area contributed by atoms with E-state index < -0.39 is 83.6 Å². The Labute approximate surface area is 398 Å². The van der Waals surface area contributed by atoms with E-state index in [9.17, 15) is 32.3 Å². The fourth-order valence-corrected chi connectivity index (χ4v) is 10.6. The summed E-state index contributed by atoms with van der Waals surface area (Å²) in [5.74, 6) is -5.75. The smallest absolute Gasteiger partial charge is 0.394 e. The second-order valence-corrected chi connectivity index (χ2v) is 18.8. The van der Waals surface area contributed by atoms with Gasteiger partial charge in [0.2, 0.25) is 11.8 Å². The average molecular weight is 971 g/mol. The van der Waals surface area contributed by atoms with Crippen molar-refractivity contribution in [2.75, 3.05) is 41.5 Å². The second-order valence-electron chi connectivity index (χ2n) is 18.4. The Morgan fingerprint density at radius 2 is 1.28 bits per heavy atom. The van der Waals surface area contributed by atoms with Crippen LogP contribution in [0.1, 0.15) is 100 Å². The SMILES string of the molecule is COc1ccc(COC(=O)[C@@]2(C)CCCC[C@H]2C(=O)Oc2ccc(Cl)c3c2C(N2CC(C(F)(F)F)CC2=O)N(C(=O)[C@@H]2CCCC[C@]2(C)C(=O)OCc2ccc(OC)cc2OC)CC3)c(OC)c1. The highest BCUT2D eigenvalue weighted by atomic mass is 35.5. The molecule has 14 nitrogen and oxygen atoms in total. The third-order valence-electron chi connectivity index (χ3n) is 14.5. The number of hydrogen-bond acceptors (Lipinski definition) is 12. The first-order valence-corrected chi connectivity index (χ1v) is 23.2. The summed E-state index contributed by atoms with van der Waals surface area (Å²) in [6.07, 6.45) is -3.53. The number of benzene rings is 3. The number of ether oxygens (including phenoxy) is 7. The summed E-state index contributed by atoms with van der Waals surface area (Å²) < 4.78 is 82.7. The Morgan fingerprint density at radius 3 is 1.79 bits per heavy atom. The number of likely N-dealkylation sites (tertiary alicyclic amines) is 1. The molecule has 2 aliphatic carbocycles. The molecule has 0 N–H and O–H groups in total. The minimum atomic E-state index is -4.74. The number of alkyl halides is 3. The van der Waals surface area contributed by atoms with E-state index in [0.717, 1.165) is 4.90 Å². The lowest BCUT2D eigenvalue weighted by atomic mass is 9.66. The number of carbonyl (C=O) groups excluding carboxylic acids is 5. The Hall–Kier alpha value is -5.71. The Bertz CT molecular complexity index is 2410. The van der Waals surface area contributed by atoms with E-state index in [1.54, 1.807) is 50.2 Å². The minimum absolute atomic E-state index is 0.0791. The Kier molecular flexibility index (Phi) is 15.1. The first-order valence-electron chi connectivity index (χ1n) is 22.8. The van der Waals surface area contributed by atoms with Crippen LogP contribution in [0, 0.1) is 28.6 Å². The highest BCUT2D eigenvalue weighted by molar-refractivity contribution is 6.31. The van der Waals surface area contributed by atoms with E-state index in [4.69, 9.17) is 44.8 Å². The van der Waals surface area contributed by atoms with Crippen LogP contribution in [-0.2, 0) is 53.1 Å². The van der Waals surface area contributed by atoms with Gasteiger partial charge in [0, 0.05) is 53.4 Å². The Balaban J connectivity index is 1.20. The third-order valence-corrected chi connectivity index (χ3v) is 14.8. The van der Waals surface area contributed by atoms with Gasteiger partial charge in [0.25, 0.3) is 0 Å². The molecule has 0 radical (unpaired) electrons. The normalized spacial score (nSPS) is 24.9. The summed E-state index contributed by atoms with van der Waals surface area (Å²) in [4.78, 5) is 74.3. The van der Waals surface area contributed by atoms with Crippen LogP contribution in [0.25, 0.3) is 0 Å². The summed E-state index contributed by atoms with van der Waals surface area (Å²) in [6, 6.07) is 13.0. The summed E-state index contributed by atoms with van der Waals surface area (Å²) in [5, 5.41) is 0.191. The van der Waals surface area contributed by atoms with E-state index in [0.29, 0.717) is 71.8 Å². The number of carbonyl (C=O) groups is 5. The number of nitrogens with zero attached hydrogens (tertiary/aromatic N) is 2. The maximum atomic E-state index is 15.3. The van der Waals surface area contributed by atoms with Gasteiger partial charge < -0.3 is 43.0 Å². The first-order chi connectivity index (χ1) is 32.4. The topological polar surface area (TPSA) is 156 Å². The molecule has 1 saturated heterocycles. The van der Waals surface area contributed by atoms with Gasteiger partial charge in [0.15, 0.2) is 0 Å². The highest BCUT2D eigenvalue weighted by Crippen LogP contribution is 2.50. The van der Waals surface area contributed by atoms with Gasteiger partial charge in [0.05, 0.1) is 57.0 Å². The van der Waals surface area contributed by atoms with Crippen molar-refractivity contribution in [2.24, 2.45) is 28.6 Å². The predicted octanol–water partition coefficient (Wildman–Crippen LogP) is 8.95. The van der Waals surface area contributed by atoms with Crippen LogP contribution >= 0.6 is 11.6 Å². The van der Waals surface area contributed by atoms with Crippen molar-refractivity contribution in [3.8, 4) is 28.7 Å². The lowest BCUT2D eigenvalue weighted by molar-refractivity contribution is -0.174. The summed E-state index contributed by atoms with van der Waals surface area (Å²) in [5.41, 5.74) is -1.12. The number of rotatable bonds is 14. The maximum absolute atomic E-state index is 15.3. The highest BCUT2D eigenvalue weighted by Gasteiger charge is 2.55. The molecular formula is C50H58ClF3N2O12. The number of amides is 2. The molecule has 0 aromatic heterocycles. The van der Waals surface area contributed by atoms with Gasteiger partial charge in [0.1, 0.15) is 48.1 Å². The molecule has 2 aliphatic heterocycles. The second kappa shape index (κ2) is 20.5. The largest absolute Gasteiger partial charge is 0.497 e. The fraction of sp³-hybridized carbons (Fsp3) is 0.540. The van der Waals surface area contributed by atoms with Crippen LogP contribution in [0.4, 0.5) is 13.2 Å². The van der Waals surface area contributed by atoms with E-state index in [2.05, 4.69) is 0 Å². The molecule has 0 spiro atoms. The molecule has 18 heteroatoms. The maximum Gasteiger partial charge on any atom is 0.394 e. The van der Waals surface area contributed by atoms with Crippen LogP contribution in [-0.4, -0.2) is 87.2 Å². The molecule has 3 aromatic carbocycles. The monoisotopic (exact) mass is 970 g/mol. The zero-order valence-corrected chi connectivity index (χ0v) is 39.9. The van der Waals surface area contributed by atoms with Gasteiger partial charge in [-0.1, -0.05) is 37.3 Å². The molecule has 2 unspecified atom stereocenters. The van der Waals surface area contributed by atoms with Gasteiger partial charge in [-0.2, -0.15) is 13.2 Å². The molecule has 0 bridgehead atoms. The molecule has 3 fully saturated rings. The van der Waals surface area contributed by atoms with E-state index in [-0.39, 0.29) is 61.8 Å². The van der Waals surface area contributed by atoms with Gasteiger partial charge in [-0.25, -0.2) is 0 Å². The molecule has 2 amide bonds. The number of methoxy groups -OCH3 is 4. The van der Waals surface area contributed by atoms with Gasteiger partial charge >= 0.3 is 24.1 Å². The fourth-order valence-electron chi connectivity index (χ4n) is 10.4. The Morgan fingerprint density at radius 1 is 0.735 bits per heavy atom. The molecule has 6 atom stereocenters. The van der Waals surface area contributed by atoms with Crippen molar-refractivity contribution in [3.63, 3.8) is 0 Å². The van der Waals surface area contributed by atoms with Crippen molar-refractivity contribution in [3.05, 3.63) is 75.8 Å². The van der Waals surface area contributed by atoms with Crippen molar-refractivity contribution in [1.29, 1.82) is 0 Å². The van der Waals surface area contributed by atoms with E-state index >= 15 is 4.79 Å². The lowest BCUT2D eigenvalue weighted by Gasteiger charge is -2.47. The molecule has 4 aliphatic rings. The third kappa shape index (κ3) is 9.90. The average Bonchev–Trinajstić information content (AvgIpc) is 3.74. The van der Waals surface area contributed by atoms with Crippen LogP contribution in [0.2, 0.25) is 5.02 Å². The van der Waals surface area contributed by atoms with Crippen LogP contribution in [0.3, 0.4) is 0 Å². The molecule has 68 heavy (non-hydrogen) atoms. The minimum Gasteiger partial charge on any atom is -0.497 e. The summed E-state index contributed by atoms with van der Waals surface area (Å²) in [7, 11) is 5.97. The lowest BCUT2D eigenvalue weighted by Crippen LogP contribution is -2.55. The van der Waals surface area contributed by atoms with Gasteiger partial charge in [-0.3, -0.25) is 24.0 Å². The number of esters is 3. The molecule has 3 aromatic rings. The zero-order chi connectivity index (χ0) is 49.1. The zero-order valence-electron chi connectivity index (χ0n) is 39.1. The van der Waals surface area contributed by atoms with Crippen molar-refractivity contribution in [2.45, 2.75) is 104 Å². The standard InChI is InChI=1S/C50H58ClF3N2O12/c1-48(46(60)66-27-29-13-15-32(62-3)24-39(29)64-5)20-9-7-11-35(48)44(58)55-22-19-34-37(51)17-18-38(42(34)43(55)56-26-31(23-41(56)57)50(52,53)54)68-45(59)36-12-8-10-21-49(36,2)47(61)67-28-30-14-16-33(63-4)25-40(30)65-6/h13-18,24-25,31,35-36,43H,7-12,19-23,26-28H2,1-6H3/t31?,35-,36-,43?,48-,49-/m0/s1. The van der Waals surface area contributed by atoms with Gasteiger partial charge in [-0.05, 0) is 87.9 Å². The van der Waals surface area contributed by atoms with Crippen LogP contribution < -0.4 is 23.7 Å². The summed E-state index contributed by atoms with van der Waals surface area (Å²) >= 11 is 6.82. The molecule has 2 heterocycles. The van der Waals surface area contributed by atoms with Crippen LogP contribution in [0.15, 0.2) is 48.5 Å². The first kappa shape index (κ1) is 50.2. The summed E-state index contributed by atoms with van der Waals surface area (Å²) in [6.45, 7) is 2.11.